The van der Waals surface area contributed by atoms with E-state index in [9.17, 15) is 8.42 Å². The Balaban J connectivity index is 2.16. The van der Waals surface area contributed by atoms with Crippen LogP contribution >= 0.6 is 23.2 Å². The molecule has 2 heterocycles. The summed E-state index contributed by atoms with van der Waals surface area (Å²) in [5, 5.41) is 0.373. The van der Waals surface area contributed by atoms with E-state index in [2.05, 4.69) is 9.88 Å². The summed E-state index contributed by atoms with van der Waals surface area (Å²) in [6.45, 7) is 4.79. The lowest BCUT2D eigenvalue weighted by Gasteiger charge is -2.37. The summed E-state index contributed by atoms with van der Waals surface area (Å²) in [4.78, 5) is 6.11. The molecule has 0 saturated carbocycles. The molecule has 1 aliphatic heterocycles. The van der Waals surface area contributed by atoms with E-state index in [0.29, 0.717) is 23.4 Å². The highest BCUT2D eigenvalue weighted by Crippen LogP contribution is 2.24. The first kappa shape index (κ1) is 15.0. The van der Waals surface area contributed by atoms with Crippen molar-refractivity contribution in [2.24, 2.45) is 0 Å². The van der Waals surface area contributed by atoms with Crippen molar-refractivity contribution in [3.8, 4) is 0 Å². The monoisotopic (exact) mass is 322 g/mol. The molecule has 0 N–H and O–H groups in total. The van der Waals surface area contributed by atoms with E-state index < -0.39 is 9.84 Å². The van der Waals surface area contributed by atoms with Crippen molar-refractivity contribution in [1.82, 2.24) is 9.88 Å². The third-order valence-corrected chi connectivity index (χ3v) is 6.57. The van der Waals surface area contributed by atoms with Gasteiger partial charge in [0.15, 0.2) is 9.84 Å². The molecule has 19 heavy (non-hydrogen) atoms. The zero-order chi connectivity index (χ0) is 14.2. The molecule has 0 bridgehead atoms. The van der Waals surface area contributed by atoms with Gasteiger partial charge in [-0.15, -0.1) is 0 Å². The zero-order valence-corrected chi connectivity index (χ0v) is 13.1. The Hall–Kier alpha value is -0.360. The summed E-state index contributed by atoms with van der Waals surface area (Å²) < 4.78 is 23.6. The predicted molar refractivity (Wildman–Crippen MR) is 77.4 cm³/mol. The number of rotatable bonds is 2. The van der Waals surface area contributed by atoms with Gasteiger partial charge in [0.2, 0.25) is 0 Å². The topological polar surface area (TPSA) is 50.3 Å². The Labute approximate surface area is 123 Å². The van der Waals surface area contributed by atoms with Gasteiger partial charge in [-0.1, -0.05) is 29.3 Å². The van der Waals surface area contributed by atoms with Crippen LogP contribution in [0, 0.1) is 0 Å². The Bertz CT molecular complexity index is 577. The molecule has 1 aromatic rings. The maximum atomic E-state index is 11.8. The van der Waals surface area contributed by atoms with Crippen LogP contribution in [0.15, 0.2) is 12.1 Å². The van der Waals surface area contributed by atoms with Crippen LogP contribution in [-0.2, 0) is 16.4 Å². The van der Waals surface area contributed by atoms with E-state index in [-0.39, 0.29) is 17.0 Å². The maximum absolute atomic E-state index is 11.8. The molecule has 2 atom stereocenters. The molecule has 7 heteroatoms. The van der Waals surface area contributed by atoms with Gasteiger partial charge in [-0.3, -0.25) is 4.90 Å². The lowest BCUT2D eigenvalue weighted by molar-refractivity contribution is 0.197. The van der Waals surface area contributed by atoms with Crippen molar-refractivity contribution in [2.45, 2.75) is 31.7 Å². The number of aromatic nitrogens is 1. The smallest absolute Gasteiger partial charge is 0.155 e. The summed E-state index contributed by atoms with van der Waals surface area (Å²) >= 11 is 11.8. The summed E-state index contributed by atoms with van der Waals surface area (Å²) in [6.07, 6.45) is 0. The van der Waals surface area contributed by atoms with Gasteiger partial charge in [0.1, 0.15) is 10.3 Å². The third kappa shape index (κ3) is 3.21. The molecular formula is C12H16Cl2N2O2S. The number of halogens is 2. The van der Waals surface area contributed by atoms with Crippen LogP contribution in [0.2, 0.25) is 10.3 Å². The lowest BCUT2D eigenvalue weighted by Crippen LogP contribution is -2.51. The van der Waals surface area contributed by atoms with Crippen molar-refractivity contribution in [2.75, 3.05) is 12.3 Å². The molecule has 106 valence electrons. The van der Waals surface area contributed by atoms with Crippen LogP contribution < -0.4 is 0 Å². The van der Waals surface area contributed by atoms with Gasteiger partial charge in [0, 0.05) is 24.7 Å². The standard InChI is InChI=1S/C12H16Cl2N2O2S/c1-8-9(2)19(17,18)6-5-16(8)7-10-3-4-11(13)15-12(10)14/h3-4,8-9H,5-7H2,1-2H3/t8-,9+/m0/s1. The van der Waals surface area contributed by atoms with Gasteiger partial charge >= 0.3 is 0 Å². The highest BCUT2D eigenvalue weighted by molar-refractivity contribution is 7.92. The fourth-order valence-electron chi connectivity index (χ4n) is 2.23. The van der Waals surface area contributed by atoms with Crippen LogP contribution in [-0.4, -0.2) is 41.9 Å². The van der Waals surface area contributed by atoms with Gasteiger partial charge < -0.3 is 0 Å². The van der Waals surface area contributed by atoms with Gasteiger partial charge in [0.05, 0.1) is 11.0 Å². The van der Waals surface area contributed by atoms with Crippen molar-refractivity contribution in [1.29, 1.82) is 0 Å². The van der Waals surface area contributed by atoms with E-state index in [1.165, 1.54) is 0 Å². The normalized spacial score (nSPS) is 27.4. The molecule has 4 nitrogen and oxygen atoms in total. The number of sulfone groups is 1. The van der Waals surface area contributed by atoms with Crippen LogP contribution in [0.4, 0.5) is 0 Å². The van der Waals surface area contributed by atoms with Crippen molar-refractivity contribution >= 4 is 33.0 Å². The molecule has 0 unspecified atom stereocenters. The highest BCUT2D eigenvalue weighted by atomic mass is 35.5. The number of hydrogen-bond acceptors (Lipinski definition) is 4. The number of pyridine rings is 1. The van der Waals surface area contributed by atoms with E-state index in [0.717, 1.165) is 5.56 Å². The molecule has 0 amide bonds. The first-order chi connectivity index (χ1) is 8.81. The van der Waals surface area contributed by atoms with Gasteiger partial charge in [-0.2, -0.15) is 0 Å². The number of hydrogen-bond donors (Lipinski definition) is 0. The highest BCUT2D eigenvalue weighted by Gasteiger charge is 2.35. The van der Waals surface area contributed by atoms with E-state index in [4.69, 9.17) is 23.2 Å². The van der Waals surface area contributed by atoms with Crippen LogP contribution in [0.5, 0.6) is 0 Å². The lowest BCUT2D eigenvalue weighted by atomic mass is 10.1. The number of nitrogens with zero attached hydrogens (tertiary/aromatic N) is 2. The molecule has 1 aromatic heterocycles. The summed E-state index contributed by atoms with van der Waals surface area (Å²) in [5.74, 6) is 0.192. The minimum absolute atomic E-state index is 0.0366. The first-order valence-electron chi connectivity index (χ1n) is 6.08. The second-order valence-corrected chi connectivity index (χ2v) is 8.09. The molecular weight excluding hydrogens is 307 g/mol. The summed E-state index contributed by atoms with van der Waals surface area (Å²) in [6, 6.07) is 3.49. The Morgan fingerprint density at radius 1 is 1.37 bits per heavy atom. The van der Waals surface area contributed by atoms with Crippen molar-refractivity contribution in [3.05, 3.63) is 28.0 Å². The fourth-order valence-corrected chi connectivity index (χ4v) is 4.27. The average molecular weight is 323 g/mol. The molecule has 1 saturated heterocycles. The molecule has 0 radical (unpaired) electrons. The quantitative estimate of drug-likeness (QED) is 0.784. The molecule has 0 aromatic carbocycles. The molecule has 0 spiro atoms. The maximum Gasteiger partial charge on any atom is 0.155 e. The molecule has 2 rings (SSSR count). The second kappa shape index (κ2) is 5.56. The average Bonchev–Trinajstić information content (AvgIpc) is 2.33. The Morgan fingerprint density at radius 2 is 2.05 bits per heavy atom. The summed E-state index contributed by atoms with van der Waals surface area (Å²) in [5.41, 5.74) is 0.865. The van der Waals surface area contributed by atoms with Gasteiger partial charge in [-0.05, 0) is 19.9 Å². The predicted octanol–water partition coefficient (Wildman–Crippen LogP) is 2.40. The van der Waals surface area contributed by atoms with Crippen LogP contribution in [0.3, 0.4) is 0 Å². The molecule has 0 aliphatic carbocycles. The van der Waals surface area contributed by atoms with E-state index in [1.54, 1.807) is 13.0 Å². The zero-order valence-electron chi connectivity index (χ0n) is 10.8. The Kier molecular flexibility index (Phi) is 4.40. The summed E-state index contributed by atoms with van der Waals surface area (Å²) in [7, 11) is -2.96. The second-order valence-electron chi connectivity index (χ2n) is 4.87. The van der Waals surface area contributed by atoms with Gasteiger partial charge in [-0.25, -0.2) is 13.4 Å². The van der Waals surface area contributed by atoms with Gasteiger partial charge in [0.25, 0.3) is 0 Å². The Morgan fingerprint density at radius 3 is 2.68 bits per heavy atom. The van der Waals surface area contributed by atoms with Crippen LogP contribution in [0.1, 0.15) is 19.4 Å². The molecule has 1 aliphatic rings. The molecule has 1 fully saturated rings. The van der Waals surface area contributed by atoms with Crippen LogP contribution in [0.25, 0.3) is 0 Å². The third-order valence-electron chi connectivity index (χ3n) is 3.75. The first-order valence-corrected chi connectivity index (χ1v) is 8.55. The largest absolute Gasteiger partial charge is 0.294 e. The minimum atomic E-state index is -2.96. The van der Waals surface area contributed by atoms with E-state index >= 15 is 0 Å². The van der Waals surface area contributed by atoms with Crippen molar-refractivity contribution < 1.29 is 8.42 Å². The van der Waals surface area contributed by atoms with Crippen molar-refractivity contribution in [3.63, 3.8) is 0 Å². The minimum Gasteiger partial charge on any atom is -0.294 e. The van der Waals surface area contributed by atoms with E-state index in [1.807, 2.05) is 13.0 Å². The SMILES string of the molecule is C[C@@H]1[C@H](C)N(Cc2ccc(Cl)nc2Cl)CCS1(=O)=O. The fraction of sp³-hybridized carbons (Fsp3) is 0.583.